The van der Waals surface area contributed by atoms with Gasteiger partial charge >= 0.3 is 0 Å². The van der Waals surface area contributed by atoms with Crippen LogP contribution in [0.4, 0.5) is 4.39 Å². The van der Waals surface area contributed by atoms with Gasteiger partial charge in [0.05, 0.1) is 11.1 Å². The Balaban J connectivity index is 1.40. The van der Waals surface area contributed by atoms with Crippen LogP contribution in [0.15, 0.2) is 69.9 Å². The van der Waals surface area contributed by atoms with Crippen molar-refractivity contribution in [2.24, 2.45) is 7.05 Å². The average molecular weight is 450 g/mol. The molecule has 0 bridgehead atoms. The minimum absolute atomic E-state index is 0.148. The summed E-state index contributed by atoms with van der Waals surface area (Å²) in [4.78, 5) is 21.0. The first-order valence-corrected chi connectivity index (χ1v) is 11.3. The molecule has 0 radical (unpaired) electrons. The van der Waals surface area contributed by atoms with Gasteiger partial charge in [0.25, 0.3) is 5.56 Å². The van der Waals surface area contributed by atoms with Crippen molar-refractivity contribution in [3.05, 3.63) is 82.0 Å². The Morgan fingerprint density at radius 3 is 2.61 bits per heavy atom. The summed E-state index contributed by atoms with van der Waals surface area (Å²) in [6.07, 6.45) is 0. The van der Waals surface area contributed by atoms with Crippen LogP contribution in [-0.2, 0) is 12.8 Å². The van der Waals surface area contributed by atoms with Crippen LogP contribution in [0.1, 0.15) is 5.82 Å². The molecule has 3 heterocycles. The Morgan fingerprint density at radius 2 is 1.84 bits per heavy atom. The van der Waals surface area contributed by atoms with E-state index < -0.39 is 0 Å². The molecule has 5 aromatic rings. The van der Waals surface area contributed by atoms with Crippen LogP contribution in [0.25, 0.3) is 32.7 Å². The van der Waals surface area contributed by atoms with Gasteiger partial charge in [0.2, 0.25) is 0 Å². The van der Waals surface area contributed by atoms with Gasteiger partial charge in [-0.05, 0) is 29.8 Å². The monoisotopic (exact) mass is 449 g/mol. The number of fused-ring (bicyclic) bond motifs is 1. The van der Waals surface area contributed by atoms with E-state index in [4.69, 9.17) is 0 Å². The highest BCUT2D eigenvalue weighted by Crippen LogP contribution is 2.31. The van der Waals surface area contributed by atoms with Crippen LogP contribution in [0.3, 0.4) is 0 Å². The van der Waals surface area contributed by atoms with Crippen molar-refractivity contribution >= 4 is 33.3 Å². The maximum atomic E-state index is 13.2. The summed E-state index contributed by atoms with van der Waals surface area (Å²) in [5.41, 5.74) is 2.52. The first-order chi connectivity index (χ1) is 15.1. The average Bonchev–Trinajstić information content (AvgIpc) is 3.37. The first kappa shape index (κ1) is 19.7. The van der Waals surface area contributed by atoms with Gasteiger partial charge in [-0.3, -0.25) is 4.79 Å². The molecule has 0 saturated carbocycles. The molecule has 2 aromatic carbocycles. The normalized spacial score (nSPS) is 11.3. The van der Waals surface area contributed by atoms with E-state index in [1.807, 2.05) is 47.3 Å². The van der Waals surface area contributed by atoms with Crippen molar-refractivity contribution < 1.29 is 4.39 Å². The Hall–Kier alpha value is -3.30. The number of aromatic amines is 1. The van der Waals surface area contributed by atoms with E-state index in [1.165, 1.54) is 35.2 Å². The number of benzene rings is 2. The molecule has 6 nitrogen and oxygen atoms in total. The summed E-state index contributed by atoms with van der Waals surface area (Å²) < 4.78 is 15.0. The number of hydrogen-bond donors (Lipinski definition) is 1. The molecule has 5 rings (SSSR count). The van der Waals surface area contributed by atoms with E-state index >= 15 is 0 Å². The predicted molar refractivity (Wildman–Crippen MR) is 122 cm³/mol. The lowest BCUT2D eigenvalue weighted by Crippen LogP contribution is -2.10. The lowest BCUT2D eigenvalue weighted by molar-refractivity contribution is 0.628. The van der Waals surface area contributed by atoms with Gasteiger partial charge < -0.3 is 9.55 Å². The highest BCUT2D eigenvalue weighted by atomic mass is 32.2. The van der Waals surface area contributed by atoms with E-state index in [2.05, 4.69) is 20.2 Å². The molecule has 9 heteroatoms. The minimum Gasteiger partial charge on any atom is -0.309 e. The molecule has 31 heavy (non-hydrogen) atoms. The van der Waals surface area contributed by atoms with Gasteiger partial charge in [0.15, 0.2) is 11.0 Å². The van der Waals surface area contributed by atoms with E-state index in [0.29, 0.717) is 32.8 Å². The third-order valence-electron chi connectivity index (χ3n) is 4.85. The van der Waals surface area contributed by atoms with Gasteiger partial charge in [-0.2, -0.15) is 0 Å². The fourth-order valence-electron chi connectivity index (χ4n) is 3.32. The smallest absolute Gasteiger partial charge is 0.260 e. The van der Waals surface area contributed by atoms with Gasteiger partial charge in [-0.1, -0.05) is 42.1 Å². The van der Waals surface area contributed by atoms with E-state index in [9.17, 15) is 9.18 Å². The Bertz CT molecular complexity index is 1420. The molecule has 0 unspecified atom stereocenters. The van der Waals surface area contributed by atoms with Crippen LogP contribution >= 0.6 is 23.1 Å². The zero-order chi connectivity index (χ0) is 21.4. The fraction of sp³-hybridized carbons (Fsp3) is 0.0909. The van der Waals surface area contributed by atoms with Crippen molar-refractivity contribution in [3.63, 3.8) is 0 Å². The molecule has 0 aliphatic carbocycles. The van der Waals surface area contributed by atoms with E-state index in [-0.39, 0.29) is 11.4 Å². The number of nitrogens with zero attached hydrogens (tertiary/aromatic N) is 4. The molecule has 3 aromatic heterocycles. The van der Waals surface area contributed by atoms with Crippen LogP contribution in [0.5, 0.6) is 0 Å². The highest BCUT2D eigenvalue weighted by Gasteiger charge is 2.15. The zero-order valence-corrected chi connectivity index (χ0v) is 18.0. The number of nitrogens with one attached hydrogen (secondary N) is 1. The summed E-state index contributed by atoms with van der Waals surface area (Å²) >= 11 is 2.89. The summed E-state index contributed by atoms with van der Waals surface area (Å²) in [5.74, 6) is 1.37. The van der Waals surface area contributed by atoms with Crippen molar-refractivity contribution in [1.29, 1.82) is 0 Å². The Morgan fingerprint density at radius 1 is 1.06 bits per heavy atom. The molecule has 0 aliphatic heterocycles. The third-order valence-corrected chi connectivity index (χ3v) is 6.76. The molecule has 0 amide bonds. The molecule has 0 atom stereocenters. The van der Waals surface area contributed by atoms with E-state index in [1.54, 1.807) is 12.1 Å². The second kappa shape index (κ2) is 8.09. The van der Waals surface area contributed by atoms with Crippen LogP contribution in [0.2, 0.25) is 0 Å². The number of halogens is 1. The molecular formula is C22H16FN5OS2. The van der Waals surface area contributed by atoms with Crippen LogP contribution in [0, 0.1) is 5.82 Å². The highest BCUT2D eigenvalue weighted by molar-refractivity contribution is 7.98. The largest absolute Gasteiger partial charge is 0.309 e. The van der Waals surface area contributed by atoms with Crippen molar-refractivity contribution in [3.8, 4) is 22.5 Å². The molecule has 154 valence electrons. The summed E-state index contributed by atoms with van der Waals surface area (Å²) in [6.45, 7) is 0. The number of thiophene rings is 1. The summed E-state index contributed by atoms with van der Waals surface area (Å²) in [6, 6.07) is 15.9. The quantitative estimate of drug-likeness (QED) is 0.387. The lowest BCUT2D eigenvalue weighted by atomic mass is 10.1. The van der Waals surface area contributed by atoms with Crippen molar-refractivity contribution in [1.82, 2.24) is 24.7 Å². The number of aromatic nitrogens is 5. The zero-order valence-electron chi connectivity index (χ0n) is 16.4. The van der Waals surface area contributed by atoms with Gasteiger partial charge in [-0.25, -0.2) is 9.37 Å². The summed E-state index contributed by atoms with van der Waals surface area (Å²) in [5, 5.41) is 11.7. The van der Waals surface area contributed by atoms with Gasteiger partial charge in [-0.15, -0.1) is 21.5 Å². The second-order valence-electron chi connectivity index (χ2n) is 6.87. The Kier molecular flexibility index (Phi) is 5.13. The third kappa shape index (κ3) is 3.77. The lowest BCUT2D eigenvalue weighted by Gasteiger charge is -2.04. The van der Waals surface area contributed by atoms with E-state index in [0.717, 1.165) is 16.7 Å². The number of rotatable bonds is 5. The number of thioether (sulfide) groups is 1. The number of H-pyrrole nitrogens is 1. The van der Waals surface area contributed by atoms with Crippen LogP contribution in [-0.4, -0.2) is 24.7 Å². The maximum absolute atomic E-state index is 13.2. The molecular weight excluding hydrogens is 433 g/mol. The molecule has 0 aliphatic rings. The van der Waals surface area contributed by atoms with Crippen molar-refractivity contribution in [2.45, 2.75) is 10.9 Å². The molecule has 0 fully saturated rings. The fourth-order valence-corrected chi connectivity index (χ4v) is 5.06. The second-order valence-corrected chi connectivity index (χ2v) is 8.67. The minimum atomic E-state index is -0.296. The molecule has 0 spiro atoms. The van der Waals surface area contributed by atoms with Crippen LogP contribution < -0.4 is 5.56 Å². The van der Waals surface area contributed by atoms with Crippen molar-refractivity contribution in [2.75, 3.05) is 0 Å². The number of hydrogen-bond acceptors (Lipinski definition) is 6. The SMILES string of the molecule is Cn1c(SCc2nc3scc(-c4ccccc4)c3c(=O)[nH]2)nnc1-c1ccc(F)cc1. The standard InChI is InChI=1S/C22H16FN5OS2/c1-28-19(14-7-9-15(23)10-8-14)26-27-22(28)31-12-17-24-20(29)18-16(11-30-21(18)25-17)13-5-3-2-4-6-13/h2-11H,12H2,1H3,(H,24,25,29). The first-order valence-electron chi connectivity index (χ1n) is 9.44. The molecule has 0 saturated heterocycles. The summed E-state index contributed by atoms with van der Waals surface area (Å²) in [7, 11) is 1.85. The maximum Gasteiger partial charge on any atom is 0.260 e. The Labute approximate surface area is 184 Å². The van der Waals surface area contributed by atoms with Gasteiger partial charge in [0.1, 0.15) is 16.5 Å². The predicted octanol–water partition coefficient (Wildman–Crippen LogP) is 4.88. The van der Waals surface area contributed by atoms with Gasteiger partial charge in [0, 0.05) is 23.6 Å². The topological polar surface area (TPSA) is 76.5 Å². The molecule has 1 N–H and O–H groups in total.